The van der Waals surface area contributed by atoms with Crippen molar-refractivity contribution in [2.45, 2.75) is 103 Å². The highest BCUT2D eigenvalue weighted by atomic mass is 15.4. The zero-order valence-corrected chi connectivity index (χ0v) is 61.0. The van der Waals surface area contributed by atoms with Crippen LogP contribution < -0.4 is 57.7 Å². The van der Waals surface area contributed by atoms with Gasteiger partial charge in [-0.05, 0) is 172 Å². The highest BCUT2D eigenvalue weighted by Gasteiger charge is 2.31. The number of piperidine rings is 1. The van der Waals surface area contributed by atoms with Crippen molar-refractivity contribution in [3.63, 3.8) is 0 Å². The molecule has 96 heavy (non-hydrogen) atoms. The smallest absolute Gasteiger partial charge is 0.243 e. The van der Waals surface area contributed by atoms with Gasteiger partial charge in [0.25, 0.3) is 0 Å². The molecule has 17 heteroatoms. The number of rotatable bonds is 15. The van der Waals surface area contributed by atoms with E-state index in [2.05, 4.69) is 167 Å². The molecule has 10 N–H and O–H groups in total. The van der Waals surface area contributed by atoms with E-state index in [9.17, 15) is 0 Å². The molecule has 8 aliphatic rings. The van der Waals surface area contributed by atoms with Crippen LogP contribution in [0.15, 0.2) is 110 Å². The molecule has 0 saturated carbocycles. The van der Waals surface area contributed by atoms with Crippen LogP contribution in [0.1, 0.15) is 92.0 Å². The number of likely N-dealkylation sites (N-methyl/N-ethyl adjacent to an activating group) is 4. The molecule has 6 aromatic rings. The number of aromatic nitrogens is 2. The number of quaternary nitrogens is 4. The molecule has 5 aromatic carbocycles. The van der Waals surface area contributed by atoms with Gasteiger partial charge in [0.15, 0.2) is 0 Å². The number of anilines is 10. The maximum absolute atomic E-state index is 5.98. The Kier molecular flexibility index (Phi) is 24.8. The van der Waals surface area contributed by atoms with Gasteiger partial charge in [0.2, 0.25) is 6.33 Å². The van der Waals surface area contributed by atoms with Crippen molar-refractivity contribution in [3.8, 4) is 0 Å². The predicted octanol–water partition coefficient (Wildman–Crippen LogP) is 9.40. The van der Waals surface area contributed by atoms with Gasteiger partial charge in [-0.3, -0.25) is 4.90 Å². The average Bonchev–Trinajstić information content (AvgIpc) is 1.21. The van der Waals surface area contributed by atoms with Crippen LogP contribution in [0, 0.1) is 0 Å². The number of nitrogens with two attached hydrogens (primary N) is 5. The number of fused-ring (bicyclic) bond motifs is 5. The molecule has 1 aromatic heterocycles. The number of benzene rings is 5. The van der Waals surface area contributed by atoms with Crippen molar-refractivity contribution < 1.29 is 22.5 Å². The molecule has 17 nitrogen and oxygen atoms in total. The van der Waals surface area contributed by atoms with E-state index < -0.39 is 0 Å². The van der Waals surface area contributed by atoms with Gasteiger partial charge in [0, 0.05) is 129 Å². The molecular weight excluding hydrogens is 1190 g/mol. The summed E-state index contributed by atoms with van der Waals surface area (Å²) in [6.45, 7) is 27.8. The van der Waals surface area contributed by atoms with E-state index in [-0.39, 0.29) is 0 Å². The molecule has 0 aliphatic carbocycles. The van der Waals surface area contributed by atoms with Crippen molar-refractivity contribution >= 4 is 56.9 Å². The molecule has 524 valence electrons. The maximum atomic E-state index is 5.98. The Morgan fingerprint density at radius 1 is 0.375 bits per heavy atom. The van der Waals surface area contributed by atoms with Gasteiger partial charge in [-0.2, -0.15) is 0 Å². The van der Waals surface area contributed by atoms with Crippen LogP contribution in [0.5, 0.6) is 0 Å². The summed E-state index contributed by atoms with van der Waals surface area (Å²) in [5.41, 5.74) is 48.3. The Morgan fingerprint density at radius 2 is 0.698 bits per heavy atom. The molecule has 3 saturated heterocycles. The first-order valence-electron chi connectivity index (χ1n) is 37.2. The first-order chi connectivity index (χ1) is 46.0. The third-order valence-electron chi connectivity index (χ3n) is 22.2. The fourth-order valence-electron chi connectivity index (χ4n) is 15.9. The summed E-state index contributed by atoms with van der Waals surface area (Å²) in [4.78, 5) is 15.2. The van der Waals surface area contributed by atoms with E-state index in [1.165, 1.54) is 271 Å². The van der Waals surface area contributed by atoms with Crippen LogP contribution in [0.4, 0.5) is 56.9 Å². The molecule has 0 amide bonds. The lowest BCUT2D eigenvalue weighted by Crippen LogP contribution is -2.55. The summed E-state index contributed by atoms with van der Waals surface area (Å²) in [5.74, 6) is 0. The highest BCUT2D eigenvalue weighted by molar-refractivity contribution is 5.66. The van der Waals surface area contributed by atoms with E-state index in [1.54, 1.807) is 0 Å². The summed E-state index contributed by atoms with van der Waals surface area (Å²) in [6, 6.07) is 31.9. The Hall–Kier alpha value is -6.89. The normalized spacial score (nSPS) is 19.2. The number of nitrogens with zero attached hydrogens (tertiary/aromatic N) is 12. The third kappa shape index (κ3) is 20.8. The average molecular weight is 1320 g/mol. The third-order valence-corrected chi connectivity index (χ3v) is 22.2. The standard InChI is InChI=1S/C17H29N4.C17H28N3.C16H26N3.C15H21N4.C14H24N3/c1-21(2)12-10-19(11-13-21)8-9-20-7-3-4-15-5-6-16(18)14-17(15)20;1-20(11-3-2-4-12-20)13-10-19-9-5-6-15-7-8-16(18)14-17(15)19;1-19(10-2-3-11-19)12-9-18-8-4-5-14-6-7-15(17)13-16(14)18;1-17-7-8-18(12-17)9-10-19-6-2-3-13-4-5-14(16)11-15(13)19;1-17(2,3)10-9-16-8-4-5-12-6-7-13(15)11-14(12)16/h5-6,14H,3-4,7-13,18H2,1-2H3;7-8,14H,2-6,9-13,18H2,1H3;6-7,13H,2-5,8-12,17H2,1H3;4-5,7-8,11-12H,2-3,6,9-10,16H2,1H3;6-7,11H,4-5,8-10,15H2,1-3H3/q5*+1. The van der Waals surface area contributed by atoms with E-state index in [4.69, 9.17) is 28.7 Å². The molecule has 0 atom stereocenters. The minimum atomic E-state index is 0.859. The lowest BCUT2D eigenvalue weighted by atomic mass is 10.0. The highest BCUT2D eigenvalue weighted by Crippen LogP contribution is 2.34. The topological polar surface area (TPSA) is 158 Å². The van der Waals surface area contributed by atoms with Crippen LogP contribution in [-0.4, -0.2) is 221 Å². The van der Waals surface area contributed by atoms with E-state index in [0.29, 0.717) is 0 Å². The van der Waals surface area contributed by atoms with Crippen molar-refractivity contribution in [2.75, 3.05) is 246 Å². The van der Waals surface area contributed by atoms with Gasteiger partial charge in [-0.1, -0.05) is 30.3 Å². The monoisotopic (exact) mass is 1320 g/mol. The van der Waals surface area contributed by atoms with E-state index >= 15 is 0 Å². The Bertz CT molecular complexity index is 3400. The first kappa shape index (κ1) is 71.9. The molecule has 0 unspecified atom stereocenters. The fraction of sp³-hybridized carbons (Fsp3) is 0.582. The molecule has 0 spiro atoms. The van der Waals surface area contributed by atoms with Gasteiger partial charge in [-0.25, -0.2) is 9.13 Å². The second-order valence-corrected chi connectivity index (χ2v) is 31.8. The Morgan fingerprint density at radius 3 is 1.03 bits per heavy atom. The van der Waals surface area contributed by atoms with Gasteiger partial charge in [-0.15, -0.1) is 0 Å². The molecule has 0 radical (unpaired) electrons. The predicted molar refractivity (Wildman–Crippen MR) is 408 cm³/mol. The number of piperazine rings is 1. The summed E-state index contributed by atoms with van der Waals surface area (Å²) >= 11 is 0. The number of hydrogen-bond donors (Lipinski definition) is 5. The summed E-state index contributed by atoms with van der Waals surface area (Å²) in [6.07, 6.45) is 25.6. The van der Waals surface area contributed by atoms with Crippen LogP contribution in [0.2, 0.25) is 0 Å². The minimum absolute atomic E-state index is 0.859. The van der Waals surface area contributed by atoms with Crippen LogP contribution >= 0.6 is 0 Å². The van der Waals surface area contributed by atoms with Gasteiger partial charge in [0.1, 0.15) is 18.9 Å². The SMILES string of the molecule is C[N+](C)(C)CCN1CCCc2ccc(N)cc21.C[N+]1(C)CCN(CCN2CCCc3ccc(N)cc32)CC1.C[N+]1(CCN2CCCc3ccc(N)cc32)CCCC1.C[N+]1(CCN2CCCc3ccc(N)cc32)CCCCC1.C[n+]1ccn(CCN2CCCc3ccc(N)cc32)c1. The molecule has 3 fully saturated rings. The zero-order chi connectivity index (χ0) is 67.9. The van der Waals surface area contributed by atoms with Crippen LogP contribution in [0.3, 0.4) is 0 Å². The molecule has 8 aliphatic heterocycles. The quantitative estimate of drug-likeness (QED) is 0.0379. The summed E-state index contributed by atoms with van der Waals surface area (Å²) in [7, 11) is 18.3. The molecular formula is C79H128N17+5. The van der Waals surface area contributed by atoms with Crippen molar-refractivity contribution in [1.29, 1.82) is 0 Å². The van der Waals surface area contributed by atoms with Crippen LogP contribution in [-0.2, 0) is 45.7 Å². The van der Waals surface area contributed by atoms with Gasteiger partial charge < -0.3 is 71.1 Å². The maximum Gasteiger partial charge on any atom is 0.243 e. The van der Waals surface area contributed by atoms with E-state index in [0.717, 1.165) is 78.7 Å². The lowest BCUT2D eigenvalue weighted by Gasteiger charge is -2.40. The van der Waals surface area contributed by atoms with Gasteiger partial charge >= 0.3 is 0 Å². The number of nitrogen functional groups attached to an aromatic ring is 5. The number of likely N-dealkylation sites (tertiary alicyclic amines) is 2. The fourth-order valence-corrected chi connectivity index (χ4v) is 15.9. The lowest BCUT2D eigenvalue weighted by molar-refractivity contribution is -0.912. The minimum Gasteiger partial charge on any atom is -0.399 e. The number of aryl methyl sites for hydroxylation is 6. The second-order valence-electron chi connectivity index (χ2n) is 31.8. The molecule has 14 rings (SSSR count). The van der Waals surface area contributed by atoms with Crippen molar-refractivity contribution in [1.82, 2.24) is 9.47 Å². The largest absolute Gasteiger partial charge is 0.399 e. The Balaban J connectivity index is 0.000000131. The summed E-state index contributed by atoms with van der Waals surface area (Å²) in [5, 5.41) is 0. The number of imidazole rings is 1. The second kappa shape index (κ2) is 33.1. The Labute approximate surface area is 579 Å². The molecule has 0 bridgehead atoms. The first-order valence-corrected chi connectivity index (χ1v) is 37.2. The van der Waals surface area contributed by atoms with Crippen LogP contribution in [0.25, 0.3) is 0 Å². The summed E-state index contributed by atoms with van der Waals surface area (Å²) < 4.78 is 8.98. The molecule has 9 heterocycles. The van der Waals surface area contributed by atoms with Crippen molar-refractivity contribution in [2.24, 2.45) is 7.05 Å². The van der Waals surface area contributed by atoms with E-state index in [1.807, 2.05) is 37.4 Å². The number of hydrogen-bond acceptors (Lipinski definition) is 11. The van der Waals surface area contributed by atoms with Gasteiger partial charge in [0.05, 0.1) is 141 Å². The zero-order valence-electron chi connectivity index (χ0n) is 61.0. The van der Waals surface area contributed by atoms with Crippen molar-refractivity contribution in [3.05, 3.63) is 138 Å².